The Bertz CT molecular complexity index is 671. The summed E-state index contributed by atoms with van der Waals surface area (Å²) < 4.78 is 8.71. The summed E-state index contributed by atoms with van der Waals surface area (Å²) in [6.45, 7) is 2.46. The van der Waals surface area contributed by atoms with Gasteiger partial charge in [0.05, 0.1) is 20.1 Å². The fourth-order valence-corrected chi connectivity index (χ4v) is 2.11. The second-order valence-corrected chi connectivity index (χ2v) is 4.95. The van der Waals surface area contributed by atoms with Crippen molar-refractivity contribution in [2.75, 3.05) is 7.11 Å². The molecule has 1 heterocycles. The average molecular weight is 291 g/mol. The Morgan fingerprint density at radius 3 is 2.60 bits per heavy atom. The molecular weight excluding hydrogens is 274 g/mol. The predicted octanol–water partition coefficient (Wildman–Crippen LogP) is 2.49. The standard InChI is InChI=1S/C14H17N3O2S/c1-10-4-6-11(7-5-10)13-15-17(14(20)16(13)2)9-8-12(18)19-3/h4-7H,8-9H2,1-3H3. The van der Waals surface area contributed by atoms with E-state index in [-0.39, 0.29) is 12.4 Å². The van der Waals surface area contributed by atoms with Gasteiger partial charge in [-0.1, -0.05) is 29.8 Å². The molecule has 106 valence electrons. The maximum Gasteiger partial charge on any atom is 0.307 e. The topological polar surface area (TPSA) is 49.1 Å². The number of rotatable bonds is 4. The lowest BCUT2D eigenvalue weighted by Crippen LogP contribution is -2.08. The monoisotopic (exact) mass is 291 g/mol. The molecule has 0 saturated carbocycles. The first-order valence-electron chi connectivity index (χ1n) is 6.30. The first-order chi connectivity index (χ1) is 9.52. The van der Waals surface area contributed by atoms with E-state index >= 15 is 0 Å². The molecular formula is C14H17N3O2S. The van der Waals surface area contributed by atoms with Gasteiger partial charge in [0.15, 0.2) is 10.6 Å². The van der Waals surface area contributed by atoms with Gasteiger partial charge < -0.3 is 9.30 Å². The van der Waals surface area contributed by atoms with Gasteiger partial charge in [-0.2, -0.15) is 5.10 Å². The summed E-state index contributed by atoms with van der Waals surface area (Å²) >= 11 is 5.34. The van der Waals surface area contributed by atoms with E-state index in [0.717, 1.165) is 11.4 Å². The number of aromatic nitrogens is 3. The molecule has 0 aliphatic heterocycles. The number of carbonyl (C=O) groups is 1. The molecule has 0 N–H and O–H groups in total. The quantitative estimate of drug-likeness (QED) is 0.641. The molecule has 0 unspecified atom stereocenters. The molecule has 20 heavy (non-hydrogen) atoms. The Morgan fingerprint density at radius 1 is 1.35 bits per heavy atom. The van der Waals surface area contributed by atoms with Crippen molar-refractivity contribution >= 4 is 18.2 Å². The van der Waals surface area contributed by atoms with Gasteiger partial charge in [-0.15, -0.1) is 0 Å². The number of esters is 1. The Morgan fingerprint density at radius 2 is 2.00 bits per heavy atom. The van der Waals surface area contributed by atoms with E-state index in [1.165, 1.54) is 12.7 Å². The predicted molar refractivity (Wildman–Crippen MR) is 78.8 cm³/mol. The summed E-state index contributed by atoms with van der Waals surface area (Å²) in [7, 11) is 3.25. The van der Waals surface area contributed by atoms with Crippen LogP contribution in [0.15, 0.2) is 24.3 Å². The van der Waals surface area contributed by atoms with E-state index in [1.807, 2.05) is 42.8 Å². The second-order valence-electron chi connectivity index (χ2n) is 4.58. The average Bonchev–Trinajstić information content (AvgIpc) is 2.73. The lowest BCUT2D eigenvalue weighted by Gasteiger charge is -2.00. The molecule has 0 fully saturated rings. The Hall–Kier alpha value is -1.95. The van der Waals surface area contributed by atoms with Crippen molar-refractivity contribution in [2.24, 2.45) is 7.05 Å². The highest BCUT2D eigenvalue weighted by Gasteiger charge is 2.11. The van der Waals surface area contributed by atoms with Crippen molar-refractivity contribution < 1.29 is 9.53 Å². The van der Waals surface area contributed by atoms with Crippen molar-refractivity contribution in [1.29, 1.82) is 0 Å². The number of carbonyl (C=O) groups excluding carboxylic acids is 1. The van der Waals surface area contributed by atoms with Gasteiger partial charge in [0.1, 0.15) is 0 Å². The number of methoxy groups -OCH3 is 1. The third kappa shape index (κ3) is 2.96. The number of benzene rings is 1. The molecule has 2 aromatic rings. The van der Waals surface area contributed by atoms with Crippen LogP contribution < -0.4 is 0 Å². The van der Waals surface area contributed by atoms with Crippen molar-refractivity contribution in [2.45, 2.75) is 19.9 Å². The Balaban J connectivity index is 2.30. The Kier molecular flexibility index (Phi) is 4.34. The first kappa shape index (κ1) is 14.5. The van der Waals surface area contributed by atoms with Crippen LogP contribution in [0.5, 0.6) is 0 Å². The fourth-order valence-electron chi connectivity index (χ4n) is 1.89. The summed E-state index contributed by atoms with van der Waals surface area (Å²) in [5.41, 5.74) is 2.20. The van der Waals surface area contributed by atoms with Crippen LogP contribution in [0.1, 0.15) is 12.0 Å². The molecule has 1 aromatic heterocycles. The van der Waals surface area contributed by atoms with Crippen LogP contribution >= 0.6 is 12.2 Å². The van der Waals surface area contributed by atoms with Crippen molar-refractivity contribution in [3.8, 4) is 11.4 Å². The van der Waals surface area contributed by atoms with Crippen LogP contribution in [-0.4, -0.2) is 27.4 Å². The number of aryl methyl sites for hydroxylation is 2. The maximum absolute atomic E-state index is 11.2. The fraction of sp³-hybridized carbons (Fsp3) is 0.357. The molecule has 0 radical (unpaired) electrons. The van der Waals surface area contributed by atoms with Gasteiger partial charge in [-0.05, 0) is 19.1 Å². The summed E-state index contributed by atoms with van der Waals surface area (Å²) in [6.07, 6.45) is 0.259. The van der Waals surface area contributed by atoms with E-state index in [9.17, 15) is 4.79 Å². The molecule has 6 heteroatoms. The van der Waals surface area contributed by atoms with Crippen molar-refractivity contribution in [1.82, 2.24) is 14.3 Å². The summed E-state index contributed by atoms with van der Waals surface area (Å²) in [4.78, 5) is 11.2. The summed E-state index contributed by atoms with van der Waals surface area (Å²) in [6, 6.07) is 8.09. The van der Waals surface area contributed by atoms with Crippen molar-refractivity contribution in [3.05, 3.63) is 34.6 Å². The molecule has 0 aliphatic rings. The number of hydrogen-bond donors (Lipinski definition) is 0. The van der Waals surface area contributed by atoms with Gasteiger partial charge in [0.2, 0.25) is 0 Å². The highest BCUT2D eigenvalue weighted by Crippen LogP contribution is 2.18. The molecule has 2 rings (SSSR count). The van der Waals surface area contributed by atoms with E-state index in [1.54, 1.807) is 4.68 Å². The number of ether oxygens (including phenoxy) is 1. The van der Waals surface area contributed by atoms with Crippen LogP contribution in [0.25, 0.3) is 11.4 Å². The third-order valence-electron chi connectivity index (χ3n) is 3.11. The van der Waals surface area contributed by atoms with Crippen LogP contribution in [0, 0.1) is 11.7 Å². The SMILES string of the molecule is COC(=O)CCn1nc(-c2ccc(C)cc2)n(C)c1=S. The van der Waals surface area contributed by atoms with Gasteiger partial charge in [-0.3, -0.25) is 4.79 Å². The van der Waals surface area contributed by atoms with Crippen LogP contribution in [0.2, 0.25) is 0 Å². The minimum atomic E-state index is -0.269. The van der Waals surface area contributed by atoms with E-state index in [4.69, 9.17) is 12.2 Å². The lowest BCUT2D eigenvalue weighted by molar-refractivity contribution is -0.140. The molecule has 1 aromatic carbocycles. The molecule has 0 atom stereocenters. The van der Waals surface area contributed by atoms with Crippen LogP contribution in [0.3, 0.4) is 0 Å². The van der Waals surface area contributed by atoms with Crippen molar-refractivity contribution in [3.63, 3.8) is 0 Å². The van der Waals surface area contributed by atoms with E-state index < -0.39 is 0 Å². The van der Waals surface area contributed by atoms with Gasteiger partial charge in [0, 0.05) is 12.6 Å². The first-order valence-corrected chi connectivity index (χ1v) is 6.71. The molecule has 0 bridgehead atoms. The number of hydrogen-bond acceptors (Lipinski definition) is 4. The third-order valence-corrected chi connectivity index (χ3v) is 3.59. The zero-order chi connectivity index (χ0) is 14.7. The smallest absolute Gasteiger partial charge is 0.307 e. The zero-order valence-corrected chi connectivity index (χ0v) is 12.6. The summed E-state index contributed by atoms with van der Waals surface area (Å²) in [5.74, 6) is 0.523. The lowest BCUT2D eigenvalue weighted by atomic mass is 10.1. The molecule has 5 nitrogen and oxygen atoms in total. The minimum absolute atomic E-state index is 0.259. The molecule has 0 amide bonds. The normalized spacial score (nSPS) is 10.6. The summed E-state index contributed by atoms with van der Waals surface area (Å²) in [5, 5.41) is 4.48. The zero-order valence-electron chi connectivity index (χ0n) is 11.8. The highest BCUT2D eigenvalue weighted by atomic mass is 32.1. The molecule has 0 spiro atoms. The largest absolute Gasteiger partial charge is 0.469 e. The minimum Gasteiger partial charge on any atom is -0.469 e. The molecule has 0 aliphatic carbocycles. The van der Waals surface area contributed by atoms with Gasteiger partial charge >= 0.3 is 5.97 Å². The van der Waals surface area contributed by atoms with Crippen LogP contribution in [-0.2, 0) is 23.1 Å². The van der Waals surface area contributed by atoms with E-state index in [2.05, 4.69) is 9.84 Å². The Labute approximate surface area is 122 Å². The van der Waals surface area contributed by atoms with Gasteiger partial charge in [-0.25, -0.2) is 4.68 Å². The maximum atomic E-state index is 11.2. The number of nitrogens with zero attached hydrogens (tertiary/aromatic N) is 3. The van der Waals surface area contributed by atoms with E-state index in [0.29, 0.717) is 11.3 Å². The van der Waals surface area contributed by atoms with Gasteiger partial charge in [0.25, 0.3) is 0 Å². The second kappa shape index (κ2) is 6.00. The molecule has 0 saturated heterocycles. The van der Waals surface area contributed by atoms with Crippen LogP contribution in [0.4, 0.5) is 0 Å². The highest BCUT2D eigenvalue weighted by molar-refractivity contribution is 7.71.